The third-order valence-electron chi connectivity index (χ3n) is 2.48. The third-order valence-corrected chi connectivity index (χ3v) is 2.48. The number of allylic oxidation sites excluding steroid dienone is 2. The van der Waals surface area contributed by atoms with Gasteiger partial charge < -0.3 is 11.1 Å². The summed E-state index contributed by atoms with van der Waals surface area (Å²) in [7, 11) is 0. The molecule has 64 valence electrons. The second kappa shape index (κ2) is 2.66. The van der Waals surface area contributed by atoms with Gasteiger partial charge in [-0.15, -0.1) is 0 Å². The molecule has 1 aliphatic carbocycles. The molecular formula is C9H12N2O. The van der Waals surface area contributed by atoms with Gasteiger partial charge in [-0.2, -0.15) is 0 Å². The molecule has 0 aromatic rings. The Hall–Kier alpha value is -1.25. The molecule has 0 saturated carbocycles. The van der Waals surface area contributed by atoms with Gasteiger partial charge in [-0.3, -0.25) is 4.79 Å². The van der Waals surface area contributed by atoms with Crippen molar-refractivity contribution in [3.63, 3.8) is 0 Å². The van der Waals surface area contributed by atoms with Gasteiger partial charge in [0.15, 0.2) is 0 Å². The van der Waals surface area contributed by atoms with Crippen LogP contribution in [0.5, 0.6) is 0 Å². The Morgan fingerprint density at radius 2 is 2.50 bits per heavy atom. The summed E-state index contributed by atoms with van der Waals surface area (Å²) in [5, 5.41) is 3.26. The van der Waals surface area contributed by atoms with Crippen molar-refractivity contribution in [2.75, 3.05) is 6.54 Å². The fraction of sp³-hybridized carbons (Fsp3) is 0.444. The van der Waals surface area contributed by atoms with Crippen LogP contribution in [0.1, 0.15) is 12.8 Å². The first-order valence-corrected chi connectivity index (χ1v) is 4.23. The Morgan fingerprint density at radius 1 is 1.67 bits per heavy atom. The monoisotopic (exact) mass is 164 g/mol. The minimum atomic E-state index is -0.324. The zero-order valence-electron chi connectivity index (χ0n) is 6.84. The highest BCUT2D eigenvalue weighted by Crippen LogP contribution is 2.28. The molecule has 2 aliphatic rings. The molecule has 0 radical (unpaired) electrons. The van der Waals surface area contributed by atoms with Crippen LogP contribution in [0.15, 0.2) is 23.4 Å². The molecular weight excluding hydrogens is 152 g/mol. The van der Waals surface area contributed by atoms with E-state index in [-0.39, 0.29) is 5.91 Å². The van der Waals surface area contributed by atoms with Crippen molar-refractivity contribution < 1.29 is 4.79 Å². The van der Waals surface area contributed by atoms with E-state index in [1.807, 2.05) is 12.2 Å². The first kappa shape index (κ1) is 7.40. The minimum absolute atomic E-state index is 0.324. The number of carbonyl (C=O) groups is 1. The van der Waals surface area contributed by atoms with Crippen LogP contribution in [0, 0.1) is 5.92 Å². The highest BCUT2D eigenvalue weighted by molar-refractivity contribution is 5.95. The van der Waals surface area contributed by atoms with Crippen molar-refractivity contribution in [2.24, 2.45) is 11.7 Å². The first-order valence-electron chi connectivity index (χ1n) is 4.23. The smallest absolute Gasteiger partial charge is 0.248 e. The lowest BCUT2D eigenvalue weighted by Crippen LogP contribution is -2.18. The van der Waals surface area contributed by atoms with Crippen molar-refractivity contribution in [1.82, 2.24) is 5.32 Å². The van der Waals surface area contributed by atoms with Crippen LogP contribution in [-0.4, -0.2) is 12.5 Å². The van der Waals surface area contributed by atoms with Crippen molar-refractivity contribution in [3.8, 4) is 0 Å². The van der Waals surface area contributed by atoms with Crippen LogP contribution in [0.4, 0.5) is 0 Å². The van der Waals surface area contributed by atoms with Crippen LogP contribution in [0.3, 0.4) is 0 Å². The van der Waals surface area contributed by atoms with E-state index in [1.165, 1.54) is 12.1 Å². The van der Waals surface area contributed by atoms with Gasteiger partial charge in [0.25, 0.3) is 0 Å². The summed E-state index contributed by atoms with van der Waals surface area (Å²) in [6.07, 6.45) is 5.94. The molecule has 0 aromatic carbocycles. The molecule has 1 saturated heterocycles. The predicted molar refractivity (Wildman–Crippen MR) is 46.1 cm³/mol. The predicted octanol–water partition coefficient (Wildman–Crippen LogP) is 0.295. The van der Waals surface area contributed by atoms with Crippen LogP contribution in [0.25, 0.3) is 0 Å². The average Bonchev–Trinajstić information content (AvgIpc) is 2.49. The van der Waals surface area contributed by atoms with Crippen molar-refractivity contribution in [1.29, 1.82) is 0 Å². The number of amides is 1. The van der Waals surface area contributed by atoms with E-state index in [1.54, 1.807) is 0 Å². The summed E-state index contributed by atoms with van der Waals surface area (Å²) < 4.78 is 0. The molecule has 12 heavy (non-hydrogen) atoms. The maximum absolute atomic E-state index is 10.8. The van der Waals surface area contributed by atoms with Gasteiger partial charge in [0.2, 0.25) is 5.91 Å². The van der Waals surface area contributed by atoms with E-state index in [4.69, 9.17) is 5.73 Å². The SMILES string of the molecule is NC(=O)C1=CCC2CCNC2=C1. The standard InChI is InChI=1S/C9H12N2O/c10-9(12)7-2-1-6-3-4-11-8(6)5-7/h2,5-6,11H,1,3-4H2,(H2,10,12). The van der Waals surface area contributed by atoms with E-state index in [9.17, 15) is 4.79 Å². The Bertz CT molecular complexity index is 278. The van der Waals surface area contributed by atoms with Gasteiger partial charge in [-0.1, -0.05) is 6.08 Å². The van der Waals surface area contributed by atoms with E-state index in [0.717, 1.165) is 13.0 Å². The fourth-order valence-electron chi connectivity index (χ4n) is 1.77. The second-order valence-electron chi connectivity index (χ2n) is 3.27. The number of hydrogen-bond donors (Lipinski definition) is 2. The number of carbonyl (C=O) groups excluding carboxylic acids is 1. The van der Waals surface area contributed by atoms with Gasteiger partial charge in [-0.05, 0) is 18.9 Å². The molecule has 1 aliphatic heterocycles. The molecule has 0 bridgehead atoms. The normalized spacial score (nSPS) is 26.8. The molecule has 2 rings (SSSR count). The fourth-order valence-corrected chi connectivity index (χ4v) is 1.77. The summed E-state index contributed by atoms with van der Waals surface area (Å²) in [6, 6.07) is 0. The van der Waals surface area contributed by atoms with Crippen LogP contribution >= 0.6 is 0 Å². The second-order valence-corrected chi connectivity index (χ2v) is 3.27. The minimum Gasteiger partial charge on any atom is -0.388 e. The molecule has 1 fully saturated rings. The summed E-state index contributed by atoms with van der Waals surface area (Å²) in [4.78, 5) is 10.8. The van der Waals surface area contributed by atoms with Crippen LogP contribution in [-0.2, 0) is 4.79 Å². The largest absolute Gasteiger partial charge is 0.388 e. The highest BCUT2D eigenvalue weighted by atomic mass is 16.1. The average molecular weight is 164 g/mol. The van der Waals surface area contributed by atoms with E-state index < -0.39 is 0 Å². The lowest BCUT2D eigenvalue weighted by atomic mass is 9.93. The van der Waals surface area contributed by atoms with Gasteiger partial charge in [0.1, 0.15) is 0 Å². The number of primary amides is 1. The lowest BCUT2D eigenvalue weighted by Gasteiger charge is -2.14. The Morgan fingerprint density at radius 3 is 3.25 bits per heavy atom. The Balaban J connectivity index is 2.22. The zero-order chi connectivity index (χ0) is 8.55. The van der Waals surface area contributed by atoms with E-state index in [0.29, 0.717) is 11.5 Å². The molecule has 1 heterocycles. The first-order chi connectivity index (χ1) is 5.77. The molecule has 3 N–H and O–H groups in total. The molecule has 3 heteroatoms. The lowest BCUT2D eigenvalue weighted by molar-refractivity contribution is -0.114. The van der Waals surface area contributed by atoms with Gasteiger partial charge >= 0.3 is 0 Å². The molecule has 1 atom stereocenters. The maximum Gasteiger partial charge on any atom is 0.248 e. The van der Waals surface area contributed by atoms with Crippen molar-refractivity contribution in [3.05, 3.63) is 23.4 Å². The number of fused-ring (bicyclic) bond motifs is 1. The Kier molecular flexibility index (Phi) is 1.64. The number of rotatable bonds is 1. The van der Waals surface area contributed by atoms with Crippen LogP contribution < -0.4 is 11.1 Å². The van der Waals surface area contributed by atoms with Crippen molar-refractivity contribution in [2.45, 2.75) is 12.8 Å². The van der Waals surface area contributed by atoms with Crippen LogP contribution in [0.2, 0.25) is 0 Å². The van der Waals surface area contributed by atoms with Crippen molar-refractivity contribution >= 4 is 5.91 Å². The third kappa shape index (κ3) is 1.11. The summed E-state index contributed by atoms with van der Waals surface area (Å²) in [5.74, 6) is 0.280. The molecule has 3 nitrogen and oxygen atoms in total. The number of hydrogen-bond acceptors (Lipinski definition) is 2. The summed E-state index contributed by atoms with van der Waals surface area (Å²) in [6.45, 7) is 1.02. The van der Waals surface area contributed by atoms with Gasteiger partial charge in [-0.25, -0.2) is 0 Å². The van der Waals surface area contributed by atoms with E-state index >= 15 is 0 Å². The number of nitrogens with one attached hydrogen (secondary N) is 1. The van der Waals surface area contributed by atoms with Gasteiger partial charge in [0.05, 0.1) is 0 Å². The summed E-state index contributed by atoms with van der Waals surface area (Å²) >= 11 is 0. The van der Waals surface area contributed by atoms with E-state index in [2.05, 4.69) is 5.32 Å². The molecule has 0 spiro atoms. The highest BCUT2D eigenvalue weighted by Gasteiger charge is 2.23. The van der Waals surface area contributed by atoms with Gasteiger partial charge in [0, 0.05) is 23.7 Å². The topological polar surface area (TPSA) is 55.1 Å². The molecule has 1 amide bonds. The maximum atomic E-state index is 10.8. The summed E-state index contributed by atoms with van der Waals surface area (Å²) in [5.41, 5.74) is 7.01. The molecule has 0 aromatic heterocycles. The number of nitrogens with two attached hydrogens (primary N) is 1. The Labute approximate surface area is 71.3 Å². The quantitative estimate of drug-likeness (QED) is 0.585. The molecule has 1 unspecified atom stereocenters. The zero-order valence-corrected chi connectivity index (χ0v) is 6.84.